The minimum atomic E-state index is -0.806. The van der Waals surface area contributed by atoms with Crippen LogP contribution >= 0.6 is 0 Å². The molecule has 0 aliphatic carbocycles. The summed E-state index contributed by atoms with van der Waals surface area (Å²) in [5.74, 6) is -0.437. The van der Waals surface area contributed by atoms with Crippen LogP contribution in [0.15, 0.2) is 115 Å². The fourth-order valence-electron chi connectivity index (χ4n) is 6.26. The summed E-state index contributed by atoms with van der Waals surface area (Å²) >= 11 is 0. The Morgan fingerprint density at radius 1 is 0.800 bits per heavy atom. The number of Topliss-reactive ketones (excluding diaryl/α,β-unsaturated/α-hetero) is 1. The number of ketones is 1. The van der Waals surface area contributed by atoms with Crippen LogP contribution in [0.25, 0.3) is 0 Å². The lowest BCUT2D eigenvalue weighted by Crippen LogP contribution is -2.46. The number of alkyl carbamates (subject to hydrolysis) is 1. The second kappa shape index (κ2) is 16.7. The molecule has 0 unspecified atom stereocenters. The van der Waals surface area contributed by atoms with Crippen molar-refractivity contribution < 1.29 is 19.1 Å². The topological polar surface area (TPSA) is 76.7 Å². The van der Waals surface area contributed by atoms with E-state index < -0.39 is 12.1 Å². The van der Waals surface area contributed by atoms with Gasteiger partial charge in [0.05, 0.1) is 19.8 Å². The second-order valence-corrected chi connectivity index (χ2v) is 11.8. The van der Waals surface area contributed by atoms with Gasteiger partial charge in [0.15, 0.2) is 5.78 Å². The number of morpholine rings is 1. The minimum Gasteiger partial charge on any atom is -0.453 e. The van der Waals surface area contributed by atoms with Crippen LogP contribution in [-0.2, 0) is 33.5 Å². The molecule has 3 atom stereocenters. The third kappa shape index (κ3) is 9.37. The first-order valence-corrected chi connectivity index (χ1v) is 16.0. The highest BCUT2D eigenvalue weighted by Crippen LogP contribution is 2.30. The van der Waals surface area contributed by atoms with Gasteiger partial charge in [-0.1, -0.05) is 115 Å². The molecule has 1 fully saturated rings. The molecule has 1 heterocycles. The van der Waals surface area contributed by atoms with E-state index in [1.807, 2.05) is 78.9 Å². The fraction of sp³-hybridized carbons (Fsp3) is 0.333. The maximum Gasteiger partial charge on any atom is 0.407 e. The lowest BCUT2D eigenvalue weighted by atomic mass is 9.81. The van der Waals surface area contributed by atoms with E-state index in [2.05, 4.69) is 47.0 Å². The Kier molecular flexibility index (Phi) is 11.9. The number of methoxy groups -OCH3 is 1. The molecule has 0 aromatic heterocycles. The van der Waals surface area contributed by atoms with Crippen LogP contribution in [0.3, 0.4) is 0 Å². The molecule has 6 nitrogen and oxygen atoms in total. The summed E-state index contributed by atoms with van der Waals surface area (Å²) in [5, 5.41) is 6.57. The third-order valence-electron chi connectivity index (χ3n) is 8.70. The molecule has 1 aliphatic heterocycles. The summed E-state index contributed by atoms with van der Waals surface area (Å²) in [6.45, 7) is 1.55. The zero-order valence-electron chi connectivity index (χ0n) is 26.1. The third-order valence-corrected chi connectivity index (χ3v) is 8.70. The van der Waals surface area contributed by atoms with Gasteiger partial charge in [0.2, 0.25) is 0 Å². The Morgan fingerprint density at radius 3 is 2.00 bits per heavy atom. The highest BCUT2D eigenvalue weighted by atomic mass is 16.5. The number of ether oxygens (including phenoxy) is 2. The van der Waals surface area contributed by atoms with E-state index in [0.717, 1.165) is 67.5 Å². The lowest BCUT2D eigenvalue weighted by molar-refractivity contribution is -0.120. The Bertz CT molecular complexity index is 1430. The number of hydrogen-bond acceptors (Lipinski definition) is 5. The number of amides is 1. The number of rotatable bonds is 14. The van der Waals surface area contributed by atoms with Gasteiger partial charge in [-0.05, 0) is 59.9 Å². The average molecular weight is 605 g/mol. The summed E-state index contributed by atoms with van der Waals surface area (Å²) in [4.78, 5) is 26.6. The molecule has 1 amide bonds. The second-order valence-electron chi connectivity index (χ2n) is 11.8. The number of hydrogen-bond donors (Lipinski definition) is 2. The zero-order chi connectivity index (χ0) is 31.3. The number of nitrogens with one attached hydrogen (secondary N) is 2. The summed E-state index contributed by atoms with van der Waals surface area (Å²) in [7, 11) is 1.32. The average Bonchev–Trinajstić information content (AvgIpc) is 3.09. The standard InChI is InChI=1S/C39H44N2O4/c1-44-39(43)41-38(37(31-18-7-3-8-19-31)32-20-9-4-10-21-32)36(42)26-33-22-12-11-17-30(33)24-25-35-27-40-34(28-45-35)23-13-16-29-14-5-2-6-15-29/h2-12,14-15,17-22,34-35,37-38,40H,13,16,23-28H2,1H3,(H,41,43)/t34-,35-,38-/m1/s1. The van der Waals surface area contributed by atoms with Crippen molar-refractivity contribution in [2.24, 2.45) is 0 Å². The Balaban J connectivity index is 1.21. The van der Waals surface area contributed by atoms with Crippen LogP contribution < -0.4 is 10.6 Å². The van der Waals surface area contributed by atoms with Crippen LogP contribution in [0.2, 0.25) is 0 Å². The van der Waals surface area contributed by atoms with Gasteiger partial charge in [-0.25, -0.2) is 4.79 Å². The van der Waals surface area contributed by atoms with Gasteiger partial charge in [-0.2, -0.15) is 0 Å². The highest BCUT2D eigenvalue weighted by molar-refractivity contribution is 5.90. The number of carbonyl (C=O) groups excluding carboxylic acids is 2. The lowest BCUT2D eigenvalue weighted by Gasteiger charge is -2.31. The van der Waals surface area contributed by atoms with E-state index >= 15 is 0 Å². The monoisotopic (exact) mass is 604 g/mol. The number of aryl methyl sites for hydroxylation is 2. The molecule has 6 heteroatoms. The van der Waals surface area contributed by atoms with Crippen LogP contribution in [0.5, 0.6) is 0 Å². The Hall–Kier alpha value is -4.26. The van der Waals surface area contributed by atoms with Crippen molar-refractivity contribution in [2.75, 3.05) is 20.3 Å². The molecule has 45 heavy (non-hydrogen) atoms. The molecule has 0 saturated carbocycles. The molecule has 234 valence electrons. The van der Waals surface area contributed by atoms with Crippen molar-refractivity contribution in [3.05, 3.63) is 143 Å². The van der Waals surface area contributed by atoms with E-state index in [1.165, 1.54) is 12.7 Å². The van der Waals surface area contributed by atoms with Gasteiger partial charge < -0.3 is 20.1 Å². The molecule has 5 rings (SSSR count). The fourth-order valence-corrected chi connectivity index (χ4v) is 6.26. The first-order chi connectivity index (χ1) is 22.1. The summed E-state index contributed by atoms with van der Waals surface area (Å²) in [6, 6.07) is 38.0. The maximum absolute atomic E-state index is 14.1. The first-order valence-electron chi connectivity index (χ1n) is 16.0. The van der Waals surface area contributed by atoms with Crippen molar-refractivity contribution in [1.29, 1.82) is 0 Å². The molecule has 1 saturated heterocycles. The zero-order valence-corrected chi connectivity index (χ0v) is 26.1. The molecule has 0 radical (unpaired) electrons. The van der Waals surface area contributed by atoms with Crippen LogP contribution in [0.4, 0.5) is 4.79 Å². The number of benzene rings is 4. The van der Waals surface area contributed by atoms with E-state index in [-0.39, 0.29) is 24.2 Å². The van der Waals surface area contributed by atoms with E-state index in [0.29, 0.717) is 6.04 Å². The van der Waals surface area contributed by atoms with Gasteiger partial charge >= 0.3 is 6.09 Å². The molecule has 0 spiro atoms. The maximum atomic E-state index is 14.1. The van der Waals surface area contributed by atoms with E-state index in [4.69, 9.17) is 9.47 Å². The SMILES string of the molecule is COC(=O)N[C@H](C(=O)Cc1ccccc1CC[C@@H]1CN[C@H](CCCc2ccccc2)CO1)C(c1ccccc1)c1ccccc1. The molecule has 4 aromatic carbocycles. The van der Waals surface area contributed by atoms with Gasteiger partial charge in [-0.15, -0.1) is 0 Å². The molecular formula is C39H44N2O4. The smallest absolute Gasteiger partial charge is 0.407 e. The van der Waals surface area contributed by atoms with Crippen molar-refractivity contribution in [3.8, 4) is 0 Å². The largest absolute Gasteiger partial charge is 0.453 e. The predicted molar refractivity (Wildman–Crippen MR) is 178 cm³/mol. The van der Waals surface area contributed by atoms with Crippen LogP contribution in [-0.4, -0.2) is 50.3 Å². The summed E-state index contributed by atoms with van der Waals surface area (Å²) in [6.07, 6.45) is 4.71. The number of carbonyl (C=O) groups is 2. The van der Waals surface area contributed by atoms with Crippen LogP contribution in [0, 0.1) is 0 Å². The molecule has 1 aliphatic rings. The van der Waals surface area contributed by atoms with Crippen molar-refractivity contribution in [3.63, 3.8) is 0 Å². The quantitative estimate of drug-likeness (QED) is 0.168. The van der Waals surface area contributed by atoms with Crippen molar-refractivity contribution >= 4 is 11.9 Å². The van der Waals surface area contributed by atoms with Crippen LogP contribution in [0.1, 0.15) is 53.0 Å². The van der Waals surface area contributed by atoms with E-state index in [1.54, 1.807) is 0 Å². The van der Waals surface area contributed by atoms with Gasteiger partial charge in [0.1, 0.15) is 6.04 Å². The van der Waals surface area contributed by atoms with Crippen molar-refractivity contribution in [2.45, 2.75) is 62.6 Å². The Labute approximate surface area is 267 Å². The normalized spacial score (nSPS) is 17.0. The van der Waals surface area contributed by atoms with E-state index in [9.17, 15) is 9.59 Å². The first kappa shape index (κ1) is 32.1. The van der Waals surface area contributed by atoms with Gasteiger partial charge in [-0.3, -0.25) is 4.79 Å². The van der Waals surface area contributed by atoms with Crippen molar-refractivity contribution in [1.82, 2.24) is 10.6 Å². The minimum absolute atomic E-state index is 0.0699. The molecule has 4 aromatic rings. The summed E-state index contributed by atoms with van der Waals surface area (Å²) < 4.78 is 11.2. The molecular weight excluding hydrogens is 560 g/mol. The summed E-state index contributed by atoms with van der Waals surface area (Å²) in [5.41, 5.74) is 5.39. The van der Waals surface area contributed by atoms with Gasteiger partial charge in [0.25, 0.3) is 0 Å². The Morgan fingerprint density at radius 2 is 1.40 bits per heavy atom. The van der Waals surface area contributed by atoms with Gasteiger partial charge in [0, 0.05) is 24.9 Å². The predicted octanol–water partition coefficient (Wildman–Crippen LogP) is 6.67. The highest BCUT2D eigenvalue weighted by Gasteiger charge is 2.33. The molecule has 2 N–H and O–H groups in total. The molecule has 0 bridgehead atoms.